The number of hydrogen-bond acceptors (Lipinski definition) is 3. The third kappa shape index (κ3) is 14.7. The molecular formula is C17H32FGeO3Zr-. The van der Waals surface area contributed by atoms with E-state index < -0.39 is 21.9 Å². The molecule has 0 unspecified atom stereocenters. The van der Waals surface area contributed by atoms with Gasteiger partial charge in [-0.1, -0.05) is 33.6 Å². The molecule has 0 saturated carbocycles. The predicted molar refractivity (Wildman–Crippen MR) is 91.7 cm³/mol. The summed E-state index contributed by atoms with van der Waals surface area (Å²) in [4.78, 5) is 0. The standard InChI is InChI=1S/C12H26O3.C5H6FGe.Zr/c1-4-7-10-14-12(13,9-6-3)15-11-8-5-2;6-7-5-3-1-2-4-5;/h13H,4-11H2,1-3H3;1,3H,2,7H2;/q;-1;. The molecule has 0 heterocycles. The second-order valence-corrected chi connectivity index (χ2v) is 7.47. The van der Waals surface area contributed by atoms with Gasteiger partial charge in [0, 0.05) is 32.6 Å². The molecule has 0 bridgehead atoms. The Kier molecular flexibility index (Phi) is 19.8. The molecular weight excluding hydrogens is 435 g/mol. The molecule has 3 nitrogen and oxygen atoms in total. The summed E-state index contributed by atoms with van der Waals surface area (Å²) in [6, 6.07) is 0. The van der Waals surface area contributed by atoms with Crippen molar-refractivity contribution in [3.8, 4) is 0 Å². The first-order valence-electron chi connectivity index (χ1n) is 8.44. The summed E-state index contributed by atoms with van der Waals surface area (Å²) in [5.74, 6) is -1.35. The van der Waals surface area contributed by atoms with Crippen molar-refractivity contribution < 1.29 is 44.3 Å². The van der Waals surface area contributed by atoms with Crippen LogP contribution < -0.4 is 0 Å². The molecule has 0 atom stereocenters. The summed E-state index contributed by atoms with van der Waals surface area (Å²) in [5.41, 5.74) is 0. The minimum atomic E-state index is -1.75. The third-order valence-corrected chi connectivity index (χ3v) is 4.75. The maximum Gasteiger partial charge on any atom is 0 e. The first-order chi connectivity index (χ1) is 10.6. The van der Waals surface area contributed by atoms with E-state index in [0.29, 0.717) is 19.6 Å². The van der Waals surface area contributed by atoms with E-state index in [1.54, 1.807) is 0 Å². The van der Waals surface area contributed by atoms with Crippen molar-refractivity contribution in [2.24, 2.45) is 0 Å². The summed E-state index contributed by atoms with van der Waals surface area (Å²) < 4.78 is 23.4. The zero-order chi connectivity index (χ0) is 16.7. The van der Waals surface area contributed by atoms with E-state index in [-0.39, 0.29) is 26.2 Å². The fraction of sp³-hybridized carbons (Fsp3) is 0.765. The fourth-order valence-corrected chi connectivity index (χ4v) is 2.83. The van der Waals surface area contributed by atoms with Crippen molar-refractivity contribution in [3.63, 3.8) is 0 Å². The Bertz CT molecular complexity index is 315. The number of hydrogen-bond donors (Lipinski definition) is 1. The number of allylic oxidation sites excluding steroid dienone is 4. The minimum absolute atomic E-state index is 0. The van der Waals surface area contributed by atoms with Gasteiger partial charge >= 0.3 is 48.5 Å². The molecule has 1 aliphatic rings. The maximum atomic E-state index is 11.7. The second-order valence-electron chi connectivity index (χ2n) is 5.31. The smallest absolute Gasteiger partial charge is 0 e. The van der Waals surface area contributed by atoms with Crippen LogP contribution in [0.1, 0.15) is 65.7 Å². The Hall–Kier alpha value is 0.716. The minimum Gasteiger partial charge on any atom is 0 e. The van der Waals surface area contributed by atoms with Crippen LogP contribution in [0.2, 0.25) is 0 Å². The van der Waals surface area contributed by atoms with Crippen LogP contribution in [-0.4, -0.2) is 40.2 Å². The van der Waals surface area contributed by atoms with Crippen molar-refractivity contribution in [1.82, 2.24) is 0 Å². The summed E-state index contributed by atoms with van der Waals surface area (Å²) >= 11 is -1.75. The summed E-state index contributed by atoms with van der Waals surface area (Å²) in [6.45, 7) is 7.34. The predicted octanol–water partition coefficient (Wildman–Crippen LogP) is 3.75. The van der Waals surface area contributed by atoms with E-state index in [1.807, 2.05) is 19.1 Å². The number of rotatable bonds is 11. The van der Waals surface area contributed by atoms with Crippen LogP contribution in [0.25, 0.3) is 0 Å². The van der Waals surface area contributed by atoms with Crippen molar-refractivity contribution in [1.29, 1.82) is 0 Å². The topological polar surface area (TPSA) is 38.7 Å². The van der Waals surface area contributed by atoms with Crippen molar-refractivity contribution in [2.75, 3.05) is 13.2 Å². The molecule has 0 aromatic carbocycles. The molecule has 0 aromatic heterocycles. The van der Waals surface area contributed by atoms with Gasteiger partial charge in [-0.05, 0) is 19.3 Å². The van der Waals surface area contributed by atoms with Gasteiger partial charge in [0.2, 0.25) is 0 Å². The van der Waals surface area contributed by atoms with Gasteiger partial charge in [0.25, 0.3) is 5.97 Å². The molecule has 0 spiro atoms. The molecule has 1 rings (SSSR count). The first-order valence-corrected chi connectivity index (χ1v) is 11.0. The number of aliphatic hydroxyl groups is 1. The van der Waals surface area contributed by atoms with Gasteiger partial charge < -0.3 is 14.6 Å². The van der Waals surface area contributed by atoms with Gasteiger partial charge in [0.05, 0.1) is 13.2 Å². The Morgan fingerprint density at radius 2 is 1.74 bits per heavy atom. The van der Waals surface area contributed by atoms with Crippen LogP contribution in [0.15, 0.2) is 16.6 Å². The van der Waals surface area contributed by atoms with E-state index in [1.165, 1.54) is 0 Å². The van der Waals surface area contributed by atoms with Gasteiger partial charge in [-0.15, -0.1) is 0 Å². The summed E-state index contributed by atoms with van der Waals surface area (Å²) in [7, 11) is 0. The van der Waals surface area contributed by atoms with Gasteiger partial charge in [-0.3, -0.25) is 0 Å². The zero-order valence-corrected chi connectivity index (χ0v) is 20.3. The van der Waals surface area contributed by atoms with Crippen molar-refractivity contribution >= 4 is 15.9 Å². The van der Waals surface area contributed by atoms with Crippen molar-refractivity contribution in [2.45, 2.75) is 71.7 Å². The van der Waals surface area contributed by atoms with E-state index in [0.717, 1.165) is 42.9 Å². The molecule has 0 aromatic rings. The van der Waals surface area contributed by atoms with Gasteiger partial charge in [0.1, 0.15) is 0 Å². The van der Waals surface area contributed by atoms with E-state index in [9.17, 15) is 8.61 Å². The molecule has 0 fully saturated rings. The molecule has 0 aliphatic heterocycles. The fourth-order valence-electron chi connectivity index (χ4n) is 1.80. The van der Waals surface area contributed by atoms with Crippen LogP contribution in [0.5, 0.6) is 0 Å². The van der Waals surface area contributed by atoms with Crippen LogP contribution in [-0.2, 0) is 35.7 Å². The van der Waals surface area contributed by atoms with E-state index >= 15 is 0 Å². The number of halogens is 1. The average Bonchev–Trinajstić information content (AvgIpc) is 3.02. The van der Waals surface area contributed by atoms with Crippen LogP contribution >= 0.6 is 0 Å². The van der Waals surface area contributed by atoms with Crippen LogP contribution in [0.4, 0.5) is 3.50 Å². The average molecular weight is 467 g/mol. The van der Waals surface area contributed by atoms with Gasteiger partial charge in [-0.2, -0.15) is 0 Å². The molecule has 134 valence electrons. The summed E-state index contributed by atoms with van der Waals surface area (Å²) in [5, 5.41) is 10.0. The normalized spacial score (nSPS) is 13.7. The van der Waals surface area contributed by atoms with Crippen molar-refractivity contribution in [3.05, 3.63) is 22.6 Å². The molecule has 6 heteroatoms. The number of ether oxygens (including phenoxy) is 2. The Labute approximate surface area is 167 Å². The maximum absolute atomic E-state index is 11.7. The first kappa shape index (κ1) is 26.0. The quantitative estimate of drug-likeness (QED) is 0.218. The molecule has 0 amide bonds. The van der Waals surface area contributed by atoms with E-state index in [2.05, 4.69) is 19.9 Å². The van der Waals surface area contributed by atoms with E-state index in [4.69, 9.17) is 9.47 Å². The zero-order valence-electron chi connectivity index (χ0n) is 14.9. The largest absolute Gasteiger partial charge is 0 e. The SMILES string of the molecule is CCCCOC(O)(CCC)OCCCC.[F][GeH2][C]1=[C-]CC=C1.[Zr]. The molecule has 1 aliphatic carbocycles. The molecule has 1 N–H and O–H groups in total. The van der Waals surface area contributed by atoms with Gasteiger partial charge in [0.15, 0.2) is 0 Å². The Balaban J connectivity index is 0. The Morgan fingerprint density at radius 1 is 1.17 bits per heavy atom. The molecule has 0 radical (unpaired) electrons. The third-order valence-electron chi connectivity index (χ3n) is 3.13. The Morgan fingerprint density at radius 3 is 2.04 bits per heavy atom. The number of unbranched alkanes of at least 4 members (excludes halogenated alkanes) is 2. The van der Waals surface area contributed by atoms with Crippen LogP contribution in [0, 0.1) is 6.08 Å². The monoisotopic (exact) mass is 467 g/mol. The van der Waals surface area contributed by atoms with Crippen LogP contribution in [0.3, 0.4) is 0 Å². The second kappa shape index (κ2) is 17.5. The van der Waals surface area contributed by atoms with Gasteiger partial charge in [-0.25, -0.2) is 0 Å². The molecule has 23 heavy (non-hydrogen) atoms. The molecule has 0 saturated heterocycles. The summed E-state index contributed by atoms with van der Waals surface area (Å²) in [6.07, 6.45) is 13.0.